The van der Waals surface area contributed by atoms with Crippen LogP contribution in [0, 0.1) is 5.41 Å². The predicted octanol–water partition coefficient (Wildman–Crippen LogP) is 7.61. The maximum absolute atomic E-state index is 13.4. The van der Waals surface area contributed by atoms with E-state index in [9.17, 15) is 14.7 Å². The average molecular weight is 432 g/mol. The van der Waals surface area contributed by atoms with Gasteiger partial charge in [-0.2, -0.15) is 0 Å². The summed E-state index contributed by atoms with van der Waals surface area (Å²) >= 11 is 0. The summed E-state index contributed by atoms with van der Waals surface area (Å²) in [5.74, 6) is -1.03. The number of para-hydroxylation sites is 1. The molecule has 4 heteroatoms. The third-order valence-corrected chi connectivity index (χ3v) is 6.86. The highest BCUT2D eigenvalue weighted by Gasteiger charge is 2.59. The molecule has 1 aromatic carbocycles. The van der Waals surface area contributed by atoms with E-state index in [1.807, 2.05) is 30.3 Å². The zero-order valence-electron chi connectivity index (χ0n) is 20.6. The number of anilines is 1. The Hall–Kier alpha value is -1.84. The van der Waals surface area contributed by atoms with Gasteiger partial charge in [-0.1, -0.05) is 97.3 Å². The Bertz CT molecular complexity index is 636. The van der Waals surface area contributed by atoms with Gasteiger partial charge >= 0.3 is 5.97 Å². The second-order valence-electron chi connectivity index (χ2n) is 9.05. The molecule has 176 valence electrons. The van der Waals surface area contributed by atoms with E-state index in [-0.39, 0.29) is 5.91 Å². The Kier molecular flexibility index (Phi) is 11.9. The van der Waals surface area contributed by atoms with Crippen LogP contribution in [0.25, 0.3) is 0 Å². The van der Waals surface area contributed by atoms with Crippen LogP contribution in [0.15, 0.2) is 30.3 Å². The molecule has 31 heavy (non-hydrogen) atoms. The van der Waals surface area contributed by atoms with Gasteiger partial charge in [0.05, 0.1) is 0 Å². The minimum absolute atomic E-state index is 0.182. The van der Waals surface area contributed by atoms with Gasteiger partial charge in [-0.15, -0.1) is 0 Å². The van der Waals surface area contributed by atoms with E-state index >= 15 is 0 Å². The summed E-state index contributed by atoms with van der Waals surface area (Å²) in [5, 5.41) is 11.0. The fraction of sp³-hybridized carbons (Fsp3) is 0.704. The highest BCUT2D eigenvalue weighted by Crippen LogP contribution is 2.52. The number of benzene rings is 1. The van der Waals surface area contributed by atoms with Crippen LogP contribution in [-0.4, -0.2) is 22.5 Å². The van der Waals surface area contributed by atoms with Gasteiger partial charge in [-0.3, -0.25) is 9.69 Å². The first-order chi connectivity index (χ1) is 14.9. The average Bonchev–Trinajstić information content (AvgIpc) is 2.76. The highest BCUT2D eigenvalue weighted by atomic mass is 16.4. The van der Waals surface area contributed by atoms with Crippen LogP contribution in [-0.2, 0) is 9.59 Å². The number of nitrogens with zero attached hydrogens (tertiary/aromatic N) is 1. The van der Waals surface area contributed by atoms with Crippen molar-refractivity contribution >= 4 is 17.6 Å². The Labute approximate surface area is 190 Å². The first kappa shape index (κ1) is 27.2. The van der Waals surface area contributed by atoms with Gasteiger partial charge in [0.25, 0.3) is 0 Å². The van der Waals surface area contributed by atoms with Crippen LogP contribution >= 0.6 is 0 Å². The smallest absolute Gasteiger partial charge is 0.330 e. The van der Waals surface area contributed by atoms with Crippen LogP contribution < -0.4 is 4.90 Å². The first-order valence-electron chi connectivity index (χ1n) is 12.5. The molecular formula is C27H45NO3. The van der Waals surface area contributed by atoms with E-state index < -0.39 is 16.9 Å². The highest BCUT2D eigenvalue weighted by molar-refractivity contribution is 6.01. The minimum atomic E-state index is -1.24. The zero-order valence-corrected chi connectivity index (χ0v) is 20.6. The molecule has 1 unspecified atom stereocenters. The second kappa shape index (κ2) is 13.5. The van der Waals surface area contributed by atoms with Crippen molar-refractivity contribution in [3.63, 3.8) is 0 Å². The van der Waals surface area contributed by atoms with Gasteiger partial charge in [0.1, 0.15) is 0 Å². The molecule has 0 aliphatic heterocycles. The van der Waals surface area contributed by atoms with Gasteiger partial charge in [0, 0.05) is 18.0 Å². The molecule has 1 rings (SSSR count). The third-order valence-electron chi connectivity index (χ3n) is 6.86. The Morgan fingerprint density at radius 3 is 1.55 bits per heavy atom. The fourth-order valence-electron chi connectivity index (χ4n) is 5.27. The van der Waals surface area contributed by atoms with Crippen molar-refractivity contribution in [3.05, 3.63) is 30.3 Å². The van der Waals surface area contributed by atoms with Crippen LogP contribution in [0.5, 0.6) is 0 Å². The quantitative estimate of drug-likeness (QED) is 0.293. The van der Waals surface area contributed by atoms with Gasteiger partial charge in [0.15, 0.2) is 5.54 Å². The molecule has 0 spiro atoms. The maximum Gasteiger partial charge on any atom is 0.330 e. The maximum atomic E-state index is 13.4. The van der Waals surface area contributed by atoms with E-state index in [2.05, 4.69) is 27.7 Å². The molecule has 4 nitrogen and oxygen atoms in total. The fourth-order valence-corrected chi connectivity index (χ4v) is 5.27. The van der Waals surface area contributed by atoms with Crippen molar-refractivity contribution in [1.29, 1.82) is 0 Å². The number of carbonyl (C=O) groups excluding carboxylic acids is 1. The van der Waals surface area contributed by atoms with E-state index in [1.54, 1.807) is 4.90 Å². The molecule has 0 aliphatic rings. The number of carboxylic acids is 1. The molecule has 0 aromatic heterocycles. The van der Waals surface area contributed by atoms with Crippen molar-refractivity contribution in [1.82, 2.24) is 0 Å². The number of unbranched alkanes of at least 4 members (excludes halogenated alkanes) is 4. The lowest BCUT2D eigenvalue weighted by atomic mass is 9.58. The summed E-state index contributed by atoms with van der Waals surface area (Å²) in [4.78, 5) is 28.2. The summed E-state index contributed by atoms with van der Waals surface area (Å²) in [6, 6.07) is 9.46. The summed E-state index contributed by atoms with van der Waals surface area (Å²) in [7, 11) is 0. The van der Waals surface area contributed by atoms with Crippen LogP contribution in [0.1, 0.15) is 112 Å². The van der Waals surface area contributed by atoms with Gasteiger partial charge in [0.2, 0.25) is 5.91 Å². The minimum Gasteiger partial charge on any atom is -0.479 e. The summed E-state index contributed by atoms with van der Waals surface area (Å²) in [5.41, 5.74) is -0.991. The second-order valence-corrected chi connectivity index (χ2v) is 9.05. The lowest BCUT2D eigenvalue weighted by molar-refractivity contribution is -0.154. The lowest BCUT2D eigenvalue weighted by Crippen LogP contribution is -2.67. The number of amides is 1. The number of carbonyl (C=O) groups is 2. The van der Waals surface area contributed by atoms with Gasteiger partial charge in [-0.25, -0.2) is 4.79 Å². The van der Waals surface area contributed by atoms with Crippen LogP contribution in [0.4, 0.5) is 5.69 Å². The number of hydrogen-bond acceptors (Lipinski definition) is 2. The summed E-state index contributed by atoms with van der Waals surface area (Å²) < 4.78 is 0. The molecule has 0 aliphatic carbocycles. The third kappa shape index (κ3) is 6.33. The molecule has 1 aromatic rings. The number of carboxylic acid groups (broad SMARTS) is 1. The molecule has 1 atom stereocenters. The van der Waals surface area contributed by atoms with Crippen LogP contribution in [0.2, 0.25) is 0 Å². The van der Waals surface area contributed by atoms with E-state index in [0.29, 0.717) is 12.1 Å². The molecule has 0 heterocycles. The van der Waals surface area contributed by atoms with Crippen molar-refractivity contribution in [3.8, 4) is 0 Å². The monoisotopic (exact) mass is 431 g/mol. The molecule has 0 saturated heterocycles. The molecule has 0 radical (unpaired) electrons. The molecule has 1 amide bonds. The summed E-state index contributed by atoms with van der Waals surface area (Å²) in [6.07, 6.45) is 10.7. The van der Waals surface area contributed by atoms with E-state index in [4.69, 9.17) is 0 Å². The summed E-state index contributed by atoms with van der Waals surface area (Å²) in [6.45, 7) is 10.1. The number of rotatable bonds is 16. The van der Waals surface area contributed by atoms with Gasteiger partial charge in [-0.05, 0) is 37.8 Å². The van der Waals surface area contributed by atoms with Crippen molar-refractivity contribution < 1.29 is 14.7 Å². The normalized spacial score (nSPS) is 13.6. The first-order valence-corrected chi connectivity index (χ1v) is 12.5. The zero-order chi connectivity index (χ0) is 23.3. The molecular weight excluding hydrogens is 386 g/mol. The SMILES string of the molecule is CCCCC(CCCC)(CCCC)C(CCCC)(C(=O)O)N(C(C)=O)c1ccccc1. The topological polar surface area (TPSA) is 57.6 Å². The predicted molar refractivity (Wildman–Crippen MR) is 131 cm³/mol. The van der Waals surface area contributed by atoms with Crippen molar-refractivity contribution in [2.75, 3.05) is 4.90 Å². The number of hydrogen-bond donors (Lipinski definition) is 1. The largest absolute Gasteiger partial charge is 0.479 e. The standard InChI is InChI=1S/C27H45NO3/c1-6-10-19-26(20-11-7-2,21-12-8-3)27(25(30)31,22-13-9-4)28(23(5)29)24-17-15-14-16-18-24/h14-18H,6-13,19-22H2,1-5H3,(H,30,31). The van der Waals surface area contributed by atoms with Crippen molar-refractivity contribution in [2.24, 2.45) is 5.41 Å². The van der Waals surface area contributed by atoms with E-state index in [0.717, 1.165) is 70.6 Å². The van der Waals surface area contributed by atoms with Gasteiger partial charge < -0.3 is 5.11 Å². The Morgan fingerprint density at radius 1 is 0.774 bits per heavy atom. The molecule has 1 N–H and O–H groups in total. The molecule has 0 bridgehead atoms. The van der Waals surface area contributed by atoms with Crippen molar-refractivity contribution in [2.45, 2.75) is 117 Å². The van der Waals surface area contributed by atoms with Crippen LogP contribution in [0.3, 0.4) is 0 Å². The lowest BCUT2D eigenvalue weighted by Gasteiger charge is -2.54. The van der Waals surface area contributed by atoms with E-state index in [1.165, 1.54) is 6.92 Å². The molecule has 0 fully saturated rings. The Balaban J connectivity index is 3.89. The molecule has 0 saturated carbocycles. The Morgan fingerprint density at radius 2 is 1.19 bits per heavy atom. The number of aliphatic carboxylic acids is 1.